The van der Waals surface area contributed by atoms with E-state index in [0.717, 1.165) is 30.1 Å². The molecule has 0 heterocycles. The second-order valence-corrected chi connectivity index (χ2v) is 11.0. The van der Waals surface area contributed by atoms with Crippen molar-refractivity contribution >= 4 is 5.97 Å². The lowest BCUT2D eigenvalue weighted by Crippen LogP contribution is -2.62. The van der Waals surface area contributed by atoms with Crippen LogP contribution < -0.4 is 0 Å². The molecular formula is C23H36O2. The zero-order valence-corrected chi connectivity index (χ0v) is 16.5. The molecule has 140 valence electrons. The first-order valence-electron chi connectivity index (χ1n) is 11.1. The molecule has 0 aromatic rings. The summed E-state index contributed by atoms with van der Waals surface area (Å²) in [7, 11) is 0. The van der Waals surface area contributed by atoms with E-state index in [1.54, 1.807) is 0 Å². The Kier molecular flexibility index (Phi) is 3.65. The molecule has 6 fully saturated rings. The molecule has 0 amide bonds. The summed E-state index contributed by atoms with van der Waals surface area (Å²) >= 11 is 0. The molecule has 0 aromatic heterocycles. The van der Waals surface area contributed by atoms with Gasteiger partial charge in [0.25, 0.3) is 0 Å². The van der Waals surface area contributed by atoms with E-state index in [-0.39, 0.29) is 17.5 Å². The molecule has 0 saturated heterocycles. The first kappa shape index (κ1) is 16.6. The van der Waals surface area contributed by atoms with Gasteiger partial charge in [0.05, 0.1) is 5.92 Å². The van der Waals surface area contributed by atoms with Gasteiger partial charge in [0, 0.05) is 0 Å². The van der Waals surface area contributed by atoms with Gasteiger partial charge >= 0.3 is 5.97 Å². The second-order valence-electron chi connectivity index (χ2n) is 11.0. The van der Waals surface area contributed by atoms with Crippen LogP contribution in [0.2, 0.25) is 0 Å². The van der Waals surface area contributed by atoms with Crippen LogP contribution in [0.5, 0.6) is 0 Å². The SMILES string of the molecule is CC1C2CC(C(=O)OC3(C(C)C)C4CC5CC(C4)CC3C5)C(C2)C1C. The van der Waals surface area contributed by atoms with Crippen molar-refractivity contribution in [1.29, 1.82) is 0 Å². The van der Waals surface area contributed by atoms with E-state index in [9.17, 15) is 4.79 Å². The smallest absolute Gasteiger partial charge is 0.309 e. The average Bonchev–Trinajstić information content (AvgIpc) is 3.10. The van der Waals surface area contributed by atoms with Gasteiger partial charge in [-0.3, -0.25) is 4.79 Å². The first-order chi connectivity index (χ1) is 11.9. The summed E-state index contributed by atoms with van der Waals surface area (Å²) in [5.74, 6) is 6.84. The van der Waals surface area contributed by atoms with Crippen LogP contribution in [0, 0.1) is 59.2 Å². The van der Waals surface area contributed by atoms with Crippen molar-refractivity contribution in [3.8, 4) is 0 Å². The highest BCUT2D eigenvalue weighted by Gasteiger charge is 2.62. The molecule has 6 saturated carbocycles. The fourth-order valence-corrected chi connectivity index (χ4v) is 8.61. The van der Waals surface area contributed by atoms with E-state index in [4.69, 9.17) is 4.74 Å². The third-order valence-corrected chi connectivity index (χ3v) is 9.79. The van der Waals surface area contributed by atoms with Crippen molar-refractivity contribution < 1.29 is 9.53 Å². The van der Waals surface area contributed by atoms with Gasteiger partial charge in [-0.15, -0.1) is 0 Å². The molecule has 6 aliphatic rings. The summed E-state index contributed by atoms with van der Waals surface area (Å²) in [6.07, 6.45) is 9.12. The highest BCUT2D eigenvalue weighted by molar-refractivity contribution is 5.74. The van der Waals surface area contributed by atoms with Crippen LogP contribution in [0.4, 0.5) is 0 Å². The molecule has 6 bridgehead atoms. The van der Waals surface area contributed by atoms with Crippen LogP contribution in [-0.4, -0.2) is 11.6 Å². The maximum Gasteiger partial charge on any atom is 0.309 e. The largest absolute Gasteiger partial charge is 0.458 e. The number of hydrogen-bond acceptors (Lipinski definition) is 2. The van der Waals surface area contributed by atoms with Gasteiger partial charge in [0.2, 0.25) is 0 Å². The summed E-state index contributed by atoms with van der Waals surface area (Å²) in [5, 5.41) is 0. The van der Waals surface area contributed by atoms with Crippen LogP contribution in [0.15, 0.2) is 0 Å². The number of carbonyl (C=O) groups excluding carboxylic acids is 1. The predicted octanol–water partition coefficient (Wildman–Crippen LogP) is 5.31. The van der Waals surface area contributed by atoms with Crippen molar-refractivity contribution in [2.45, 2.75) is 78.2 Å². The summed E-state index contributed by atoms with van der Waals surface area (Å²) in [4.78, 5) is 13.4. The lowest BCUT2D eigenvalue weighted by atomic mass is 9.47. The van der Waals surface area contributed by atoms with Gasteiger partial charge in [-0.25, -0.2) is 0 Å². The topological polar surface area (TPSA) is 26.3 Å². The van der Waals surface area contributed by atoms with Crippen LogP contribution in [-0.2, 0) is 9.53 Å². The summed E-state index contributed by atoms with van der Waals surface area (Å²) in [6.45, 7) is 9.40. The Hall–Kier alpha value is -0.530. The third kappa shape index (κ3) is 2.18. The number of carbonyl (C=O) groups is 1. The van der Waals surface area contributed by atoms with E-state index in [0.29, 0.717) is 29.6 Å². The van der Waals surface area contributed by atoms with Crippen molar-refractivity contribution in [2.75, 3.05) is 0 Å². The normalized spacial score (nSPS) is 56.0. The zero-order valence-electron chi connectivity index (χ0n) is 16.5. The minimum atomic E-state index is -0.138. The first-order valence-corrected chi connectivity index (χ1v) is 11.1. The predicted molar refractivity (Wildman–Crippen MR) is 98.7 cm³/mol. The molecule has 5 atom stereocenters. The monoisotopic (exact) mass is 344 g/mol. The van der Waals surface area contributed by atoms with Crippen LogP contribution in [0.3, 0.4) is 0 Å². The molecule has 0 spiro atoms. The molecule has 0 N–H and O–H groups in total. The van der Waals surface area contributed by atoms with Crippen LogP contribution in [0.25, 0.3) is 0 Å². The zero-order chi connectivity index (χ0) is 17.5. The van der Waals surface area contributed by atoms with E-state index >= 15 is 0 Å². The lowest BCUT2D eigenvalue weighted by Gasteiger charge is -2.62. The Morgan fingerprint density at radius 3 is 1.96 bits per heavy atom. The minimum Gasteiger partial charge on any atom is -0.458 e. The highest BCUT2D eigenvalue weighted by Crippen LogP contribution is 2.62. The molecule has 0 aromatic carbocycles. The van der Waals surface area contributed by atoms with Gasteiger partial charge in [-0.1, -0.05) is 27.7 Å². The van der Waals surface area contributed by atoms with Gasteiger partial charge in [-0.2, -0.15) is 0 Å². The molecule has 25 heavy (non-hydrogen) atoms. The maximum atomic E-state index is 13.4. The number of ether oxygens (including phenoxy) is 1. The van der Waals surface area contributed by atoms with Crippen molar-refractivity contribution in [1.82, 2.24) is 0 Å². The molecule has 0 radical (unpaired) electrons. The summed E-state index contributed by atoms with van der Waals surface area (Å²) in [6, 6.07) is 0. The standard InChI is InChI=1S/C23H36O2/c1-12(2)23(18-6-15-5-16(8-18)9-19(23)7-15)25-22(24)21-11-17-10-20(21)14(4)13(17)3/h12-21H,5-11H2,1-4H3. The number of rotatable bonds is 3. The second kappa shape index (κ2) is 5.49. The van der Waals surface area contributed by atoms with Crippen molar-refractivity contribution in [3.63, 3.8) is 0 Å². The fraction of sp³-hybridized carbons (Fsp3) is 0.957. The van der Waals surface area contributed by atoms with Gasteiger partial charge in [0.15, 0.2) is 0 Å². The minimum absolute atomic E-state index is 0.138. The highest BCUT2D eigenvalue weighted by atomic mass is 16.6. The van der Waals surface area contributed by atoms with Gasteiger partial charge < -0.3 is 4.74 Å². The molecule has 0 aliphatic heterocycles. The molecule has 6 rings (SSSR count). The Bertz CT molecular complexity index is 534. The number of hydrogen-bond donors (Lipinski definition) is 0. The molecule has 2 heteroatoms. The summed E-state index contributed by atoms with van der Waals surface area (Å²) in [5.41, 5.74) is -0.138. The Morgan fingerprint density at radius 2 is 1.48 bits per heavy atom. The Morgan fingerprint density at radius 1 is 0.880 bits per heavy atom. The molecule has 6 aliphatic carbocycles. The molecular weight excluding hydrogens is 308 g/mol. The van der Waals surface area contributed by atoms with E-state index in [1.165, 1.54) is 38.5 Å². The Labute approximate surface area is 153 Å². The van der Waals surface area contributed by atoms with Crippen LogP contribution >= 0.6 is 0 Å². The summed E-state index contributed by atoms with van der Waals surface area (Å²) < 4.78 is 6.66. The number of esters is 1. The fourth-order valence-electron chi connectivity index (χ4n) is 8.61. The Balaban J connectivity index is 1.39. The van der Waals surface area contributed by atoms with E-state index in [2.05, 4.69) is 27.7 Å². The van der Waals surface area contributed by atoms with Crippen molar-refractivity contribution in [2.24, 2.45) is 59.2 Å². The quantitative estimate of drug-likeness (QED) is 0.649. The molecule has 2 nitrogen and oxygen atoms in total. The molecule has 5 unspecified atom stereocenters. The third-order valence-electron chi connectivity index (χ3n) is 9.79. The van der Waals surface area contributed by atoms with Crippen LogP contribution in [0.1, 0.15) is 72.6 Å². The maximum absolute atomic E-state index is 13.4. The van der Waals surface area contributed by atoms with Gasteiger partial charge in [0.1, 0.15) is 5.60 Å². The average molecular weight is 345 g/mol. The lowest BCUT2D eigenvalue weighted by molar-refractivity contribution is -0.229. The van der Waals surface area contributed by atoms with Gasteiger partial charge in [-0.05, 0) is 98.2 Å². The van der Waals surface area contributed by atoms with E-state index in [1.807, 2.05) is 0 Å². The van der Waals surface area contributed by atoms with E-state index < -0.39 is 0 Å². The number of fused-ring (bicyclic) bond motifs is 2. The van der Waals surface area contributed by atoms with Crippen molar-refractivity contribution in [3.05, 3.63) is 0 Å².